The summed E-state index contributed by atoms with van der Waals surface area (Å²) in [5.41, 5.74) is -0.771. The maximum Gasteiger partial charge on any atom is 0.305 e. The van der Waals surface area contributed by atoms with Gasteiger partial charge in [0.15, 0.2) is 0 Å². The van der Waals surface area contributed by atoms with Crippen molar-refractivity contribution in [2.75, 3.05) is 6.54 Å². The highest BCUT2D eigenvalue weighted by Gasteiger charge is 2.67. The van der Waals surface area contributed by atoms with Crippen LogP contribution in [0.15, 0.2) is 0 Å². The summed E-state index contributed by atoms with van der Waals surface area (Å²) in [6, 6.07) is 0. The van der Waals surface area contributed by atoms with Crippen LogP contribution < -0.4 is 5.32 Å². The van der Waals surface area contributed by atoms with Gasteiger partial charge in [-0.1, -0.05) is 20.8 Å². The standard InChI is InChI=1S/C27H45NO7/c1-14(4-7-23(33)28-9-8-24(34)35)17-5-6-18-25-19(13-22(32)27(17,18)3)26(2)15(11-20(25)30)10-16(29)12-21(26)31/h14-22,25,29-32H,4-13H2,1-3H3,(H,28,33)(H,34,35)/t14-,15+,16+,17-,18+,19+,20-,21-,22+,25+,26+,27-/m1/s1. The Bertz CT molecular complexity index is 806. The Balaban J connectivity index is 1.47. The van der Waals surface area contributed by atoms with Crippen LogP contribution >= 0.6 is 0 Å². The van der Waals surface area contributed by atoms with Crippen LogP contribution in [0.5, 0.6) is 0 Å². The van der Waals surface area contributed by atoms with Crippen LogP contribution in [0, 0.1) is 46.3 Å². The number of rotatable bonds is 7. The van der Waals surface area contributed by atoms with Crippen LogP contribution in [0.4, 0.5) is 0 Å². The first-order valence-electron chi connectivity index (χ1n) is 13.6. The number of fused-ring (bicyclic) bond motifs is 5. The average molecular weight is 496 g/mol. The lowest BCUT2D eigenvalue weighted by atomic mass is 9.42. The summed E-state index contributed by atoms with van der Waals surface area (Å²) < 4.78 is 0. The minimum absolute atomic E-state index is 0.0147. The summed E-state index contributed by atoms with van der Waals surface area (Å²) in [5.74, 6) is -0.406. The molecule has 0 aliphatic heterocycles. The van der Waals surface area contributed by atoms with Gasteiger partial charge in [-0.15, -0.1) is 0 Å². The highest BCUT2D eigenvalue weighted by atomic mass is 16.4. The molecule has 35 heavy (non-hydrogen) atoms. The number of nitrogens with one attached hydrogen (secondary N) is 1. The van der Waals surface area contributed by atoms with Gasteiger partial charge < -0.3 is 30.8 Å². The fraction of sp³-hybridized carbons (Fsp3) is 0.926. The van der Waals surface area contributed by atoms with Gasteiger partial charge in [0.2, 0.25) is 5.91 Å². The molecule has 0 spiro atoms. The Hall–Kier alpha value is -1.22. The highest BCUT2D eigenvalue weighted by Crippen LogP contribution is 2.68. The molecule has 0 unspecified atom stereocenters. The third kappa shape index (κ3) is 4.53. The molecule has 0 aromatic rings. The quantitative estimate of drug-likeness (QED) is 0.316. The second-order valence-corrected chi connectivity index (χ2v) is 12.6. The van der Waals surface area contributed by atoms with Gasteiger partial charge in [0, 0.05) is 13.0 Å². The molecule has 4 rings (SSSR count). The molecule has 4 aliphatic rings. The summed E-state index contributed by atoms with van der Waals surface area (Å²) in [6.45, 7) is 6.56. The van der Waals surface area contributed by atoms with Crippen LogP contribution in [0.25, 0.3) is 0 Å². The molecule has 0 aromatic heterocycles. The first kappa shape index (κ1) is 26.8. The Morgan fingerprint density at radius 2 is 1.60 bits per heavy atom. The molecule has 1 amide bonds. The van der Waals surface area contributed by atoms with E-state index >= 15 is 0 Å². The summed E-state index contributed by atoms with van der Waals surface area (Å²) in [4.78, 5) is 22.9. The summed E-state index contributed by atoms with van der Waals surface area (Å²) in [7, 11) is 0. The van der Waals surface area contributed by atoms with Gasteiger partial charge in [0.1, 0.15) is 0 Å². The molecule has 4 aliphatic carbocycles. The first-order chi connectivity index (χ1) is 16.4. The molecule has 0 aromatic carbocycles. The monoisotopic (exact) mass is 495 g/mol. The van der Waals surface area contributed by atoms with Gasteiger partial charge in [-0.3, -0.25) is 9.59 Å². The molecule has 0 heterocycles. The second kappa shape index (κ2) is 9.92. The largest absolute Gasteiger partial charge is 0.481 e. The SMILES string of the molecule is C[C@H](CCC(=O)NCCC(=O)O)[C@H]1CC[C@H]2[C@@H]3[C@H](O)C[C@@H]4C[C@H](O)C[C@@H](O)[C@]4(C)[C@H]3C[C@H](O)[C@]12C. The molecule has 200 valence electrons. The second-order valence-electron chi connectivity index (χ2n) is 12.6. The molecule has 12 atom stereocenters. The Morgan fingerprint density at radius 3 is 2.29 bits per heavy atom. The van der Waals surface area contributed by atoms with Gasteiger partial charge in [0.25, 0.3) is 0 Å². The number of carboxylic acid groups (broad SMARTS) is 1. The topological polar surface area (TPSA) is 147 Å². The number of hydrogen-bond donors (Lipinski definition) is 6. The van der Waals surface area contributed by atoms with Gasteiger partial charge in [0.05, 0.1) is 30.8 Å². The van der Waals surface area contributed by atoms with E-state index in [4.69, 9.17) is 5.11 Å². The number of amides is 1. The lowest BCUT2D eigenvalue weighted by Gasteiger charge is -2.64. The predicted octanol–water partition coefficient (Wildman–Crippen LogP) is 1.93. The van der Waals surface area contributed by atoms with E-state index in [9.17, 15) is 30.0 Å². The third-order valence-corrected chi connectivity index (χ3v) is 11.1. The molecular weight excluding hydrogens is 450 g/mol. The first-order valence-corrected chi connectivity index (χ1v) is 13.6. The average Bonchev–Trinajstić information content (AvgIpc) is 3.13. The van der Waals surface area contributed by atoms with Crippen LogP contribution in [0.1, 0.15) is 78.6 Å². The fourth-order valence-corrected chi connectivity index (χ4v) is 9.16. The molecule has 0 saturated heterocycles. The number of aliphatic hydroxyl groups is 4. The summed E-state index contributed by atoms with van der Waals surface area (Å²) in [5, 5.41) is 55.8. The van der Waals surface area contributed by atoms with Crippen molar-refractivity contribution in [1.29, 1.82) is 0 Å². The Kier molecular flexibility index (Phi) is 7.60. The van der Waals surface area contributed by atoms with Crippen molar-refractivity contribution >= 4 is 11.9 Å². The molecule has 4 fully saturated rings. The van der Waals surface area contributed by atoms with Gasteiger partial charge in [-0.2, -0.15) is 0 Å². The summed E-state index contributed by atoms with van der Waals surface area (Å²) >= 11 is 0. The van der Waals surface area contributed by atoms with E-state index in [0.717, 1.165) is 12.8 Å². The minimum Gasteiger partial charge on any atom is -0.481 e. The van der Waals surface area contributed by atoms with E-state index < -0.39 is 35.8 Å². The van der Waals surface area contributed by atoms with E-state index in [2.05, 4.69) is 26.1 Å². The Morgan fingerprint density at radius 1 is 0.914 bits per heavy atom. The smallest absolute Gasteiger partial charge is 0.305 e. The van der Waals surface area contributed by atoms with Gasteiger partial charge in [-0.05, 0) is 91.3 Å². The zero-order chi connectivity index (χ0) is 25.7. The van der Waals surface area contributed by atoms with Crippen LogP contribution in [-0.4, -0.2) is 68.4 Å². The summed E-state index contributed by atoms with van der Waals surface area (Å²) in [6.07, 6.45) is 2.65. The molecule has 6 N–H and O–H groups in total. The number of aliphatic hydroxyl groups excluding tert-OH is 4. The van der Waals surface area contributed by atoms with E-state index in [1.54, 1.807) is 0 Å². The predicted molar refractivity (Wildman–Crippen MR) is 129 cm³/mol. The van der Waals surface area contributed by atoms with Crippen molar-refractivity contribution in [2.24, 2.45) is 46.3 Å². The van der Waals surface area contributed by atoms with E-state index in [1.807, 2.05) is 0 Å². The number of carbonyl (C=O) groups is 2. The van der Waals surface area contributed by atoms with Crippen LogP contribution in [-0.2, 0) is 9.59 Å². The Labute approximate surface area is 208 Å². The number of aliphatic carboxylic acids is 1. The normalized spacial score (nSPS) is 47.8. The van der Waals surface area contributed by atoms with Crippen molar-refractivity contribution in [3.05, 3.63) is 0 Å². The van der Waals surface area contributed by atoms with Gasteiger partial charge >= 0.3 is 5.97 Å². The molecular formula is C27H45NO7. The van der Waals surface area contributed by atoms with Crippen molar-refractivity contribution < 1.29 is 35.1 Å². The molecule has 8 heteroatoms. The van der Waals surface area contributed by atoms with E-state index in [1.165, 1.54) is 0 Å². The fourth-order valence-electron chi connectivity index (χ4n) is 9.16. The van der Waals surface area contributed by atoms with Crippen molar-refractivity contribution in [2.45, 2.75) is 103 Å². The van der Waals surface area contributed by atoms with E-state index in [0.29, 0.717) is 38.5 Å². The van der Waals surface area contributed by atoms with Crippen LogP contribution in [0.3, 0.4) is 0 Å². The highest BCUT2D eigenvalue weighted by molar-refractivity contribution is 5.76. The molecule has 8 nitrogen and oxygen atoms in total. The molecule has 4 saturated carbocycles. The molecule has 0 radical (unpaired) electrons. The molecule has 0 bridgehead atoms. The van der Waals surface area contributed by atoms with Crippen molar-refractivity contribution in [1.82, 2.24) is 5.32 Å². The van der Waals surface area contributed by atoms with Gasteiger partial charge in [-0.25, -0.2) is 0 Å². The van der Waals surface area contributed by atoms with Crippen LogP contribution in [0.2, 0.25) is 0 Å². The third-order valence-electron chi connectivity index (χ3n) is 11.1. The maximum atomic E-state index is 12.2. The lowest BCUT2D eigenvalue weighted by molar-refractivity contribution is -0.234. The lowest BCUT2D eigenvalue weighted by Crippen LogP contribution is -2.65. The van der Waals surface area contributed by atoms with Crippen molar-refractivity contribution in [3.8, 4) is 0 Å². The number of carboxylic acids is 1. The zero-order valence-electron chi connectivity index (χ0n) is 21.4. The number of hydrogen-bond acceptors (Lipinski definition) is 6. The number of carbonyl (C=O) groups excluding carboxylic acids is 1. The van der Waals surface area contributed by atoms with E-state index in [-0.39, 0.29) is 59.8 Å². The minimum atomic E-state index is -0.935. The maximum absolute atomic E-state index is 12.2. The zero-order valence-corrected chi connectivity index (χ0v) is 21.4. The van der Waals surface area contributed by atoms with Crippen molar-refractivity contribution in [3.63, 3.8) is 0 Å².